The van der Waals surface area contributed by atoms with Crippen LogP contribution in [-0.2, 0) is 9.53 Å². The van der Waals surface area contributed by atoms with Crippen LogP contribution in [0.3, 0.4) is 0 Å². The summed E-state index contributed by atoms with van der Waals surface area (Å²) in [4.78, 5) is 11.6. The SMILES string of the molecule is BC(B)(B)C(n1nc(-c2ccc(C(=C)C(=O)OC)cc2)c(C#N)c1N)C(F)(F)F. The lowest BCUT2D eigenvalue weighted by Gasteiger charge is -2.33. The Labute approximate surface area is 168 Å². The first-order valence-electron chi connectivity index (χ1n) is 8.55. The summed E-state index contributed by atoms with van der Waals surface area (Å²) in [5.41, 5.74) is 6.73. The molecular formula is C17H18B3F3N4O2. The van der Waals surface area contributed by atoms with Crippen molar-refractivity contribution < 1.29 is 22.7 Å². The number of esters is 1. The molecular weight excluding hydrogens is 382 g/mol. The quantitative estimate of drug-likeness (QED) is 0.442. The standard InChI is InChI=1S/C17H18B3F3N4O2/c1-8(14(28)29-2)9-3-5-10(6-4-9)12-11(7-24)13(25)27(26-12)15(16(18,19)20)17(21,22)23/h3-6,15H,1,18-20,25H2,2H3. The lowest BCUT2D eigenvalue weighted by Crippen LogP contribution is -2.39. The zero-order valence-electron chi connectivity index (χ0n) is 16.5. The molecule has 1 aromatic carbocycles. The van der Waals surface area contributed by atoms with Gasteiger partial charge in [0, 0.05) is 5.56 Å². The first-order valence-corrected chi connectivity index (χ1v) is 8.55. The van der Waals surface area contributed by atoms with Crippen molar-refractivity contribution >= 4 is 40.9 Å². The molecule has 2 aromatic rings. The monoisotopic (exact) mass is 400 g/mol. The fourth-order valence-electron chi connectivity index (χ4n) is 3.02. The minimum absolute atomic E-state index is 0.0266. The molecule has 1 heterocycles. The zero-order chi connectivity index (χ0) is 22.1. The van der Waals surface area contributed by atoms with Gasteiger partial charge in [-0.05, 0) is 5.56 Å². The number of anilines is 1. The van der Waals surface area contributed by atoms with E-state index in [-0.39, 0.29) is 22.6 Å². The van der Waals surface area contributed by atoms with Crippen LogP contribution in [0.25, 0.3) is 16.8 Å². The molecule has 0 aliphatic rings. The van der Waals surface area contributed by atoms with E-state index in [1.807, 2.05) is 6.07 Å². The molecule has 29 heavy (non-hydrogen) atoms. The summed E-state index contributed by atoms with van der Waals surface area (Å²) in [5, 5.41) is 12.3. The second kappa shape index (κ2) is 7.74. The third-order valence-electron chi connectivity index (χ3n) is 4.37. The van der Waals surface area contributed by atoms with E-state index >= 15 is 0 Å². The third kappa shape index (κ3) is 4.34. The van der Waals surface area contributed by atoms with Gasteiger partial charge in [0.05, 0.1) is 36.2 Å². The van der Waals surface area contributed by atoms with Crippen LogP contribution in [0, 0.1) is 11.3 Å². The molecule has 0 radical (unpaired) electrons. The number of carbonyl (C=O) groups excluding carboxylic acids is 1. The number of alkyl halides is 3. The van der Waals surface area contributed by atoms with Crippen LogP contribution in [0.15, 0.2) is 30.8 Å². The van der Waals surface area contributed by atoms with Crippen molar-refractivity contribution in [2.75, 3.05) is 12.8 Å². The van der Waals surface area contributed by atoms with Crippen molar-refractivity contribution in [1.29, 1.82) is 5.26 Å². The normalized spacial score (nSPS) is 12.8. The number of nitriles is 1. The molecule has 0 aliphatic carbocycles. The van der Waals surface area contributed by atoms with E-state index in [0.717, 1.165) is 0 Å². The predicted molar refractivity (Wildman–Crippen MR) is 111 cm³/mol. The number of aromatic nitrogens is 2. The average molecular weight is 400 g/mol. The van der Waals surface area contributed by atoms with Crippen LogP contribution in [0.5, 0.6) is 0 Å². The van der Waals surface area contributed by atoms with Gasteiger partial charge in [-0.1, -0.05) is 36.0 Å². The highest BCUT2D eigenvalue weighted by molar-refractivity contribution is 6.59. The van der Waals surface area contributed by atoms with E-state index in [1.165, 1.54) is 54.9 Å². The Balaban J connectivity index is 2.59. The molecule has 0 saturated heterocycles. The summed E-state index contributed by atoms with van der Waals surface area (Å²) in [6.45, 7) is 3.64. The summed E-state index contributed by atoms with van der Waals surface area (Å²) < 4.78 is 46.5. The topological polar surface area (TPSA) is 93.9 Å². The van der Waals surface area contributed by atoms with Crippen molar-refractivity contribution in [2.45, 2.75) is 17.3 Å². The van der Waals surface area contributed by atoms with Crippen LogP contribution in [0.4, 0.5) is 19.0 Å². The Morgan fingerprint density at radius 2 is 1.86 bits per heavy atom. The van der Waals surface area contributed by atoms with E-state index in [1.54, 1.807) is 0 Å². The minimum atomic E-state index is -4.62. The number of rotatable bonds is 5. The fraction of sp³-hybridized carbons (Fsp3) is 0.235. The second-order valence-corrected chi connectivity index (χ2v) is 7.52. The molecule has 6 nitrogen and oxygen atoms in total. The molecule has 2 N–H and O–H groups in total. The molecule has 12 heteroatoms. The Kier molecular flexibility index (Phi) is 5.92. The number of hydrogen-bond acceptors (Lipinski definition) is 5. The summed E-state index contributed by atoms with van der Waals surface area (Å²) in [6.07, 6.45) is -4.62. The Hall–Kier alpha value is -3.09. The number of nitrogens with two attached hydrogens (primary N) is 1. The highest BCUT2D eigenvalue weighted by Gasteiger charge is 2.49. The molecule has 0 spiro atoms. The number of carbonyl (C=O) groups is 1. The van der Waals surface area contributed by atoms with Crippen molar-refractivity contribution in [3.8, 4) is 17.3 Å². The molecule has 1 aromatic heterocycles. The molecule has 1 unspecified atom stereocenters. The van der Waals surface area contributed by atoms with Gasteiger partial charge in [-0.25, -0.2) is 9.48 Å². The first-order chi connectivity index (χ1) is 13.3. The van der Waals surface area contributed by atoms with Crippen molar-refractivity contribution in [3.63, 3.8) is 0 Å². The van der Waals surface area contributed by atoms with E-state index in [4.69, 9.17) is 5.73 Å². The summed E-state index contributed by atoms with van der Waals surface area (Å²) in [7, 11) is 5.49. The van der Waals surface area contributed by atoms with Crippen molar-refractivity contribution in [2.24, 2.45) is 0 Å². The third-order valence-corrected chi connectivity index (χ3v) is 4.37. The molecule has 2 rings (SSSR count). The van der Waals surface area contributed by atoms with Crippen LogP contribution in [0.2, 0.25) is 5.11 Å². The van der Waals surface area contributed by atoms with Gasteiger partial charge in [-0.15, -0.1) is 0 Å². The molecule has 148 valence electrons. The van der Waals surface area contributed by atoms with E-state index < -0.39 is 23.3 Å². The van der Waals surface area contributed by atoms with E-state index in [0.29, 0.717) is 15.8 Å². The fourth-order valence-corrected chi connectivity index (χ4v) is 3.02. The maximum atomic E-state index is 13.7. The van der Waals surface area contributed by atoms with Crippen LogP contribution in [0.1, 0.15) is 17.2 Å². The minimum Gasteiger partial charge on any atom is -0.465 e. The zero-order valence-corrected chi connectivity index (χ0v) is 16.5. The summed E-state index contributed by atoms with van der Waals surface area (Å²) in [6, 6.07) is 5.94. The van der Waals surface area contributed by atoms with Crippen molar-refractivity contribution in [1.82, 2.24) is 9.78 Å². The number of halogens is 3. The maximum absolute atomic E-state index is 13.7. The number of methoxy groups -OCH3 is 1. The Morgan fingerprint density at radius 1 is 1.31 bits per heavy atom. The number of hydrogen-bond donors (Lipinski definition) is 1. The van der Waals surface area contributed by atoms with Crippen LogP contribution >= 0.6 is 0 Å². The second-order valence-electron chi connectivity index (χ2n) is 7.52. The first kappa shape index (κ1) is 22.2. The van der Waals surface area contributed by atoms with Gasteiger partial charge < -0.3 is 10.5 Å². The predicted octanol–water partition coefficient (Wildman–Crippen LogP) is 0.267. The molecule has 0 aliphatic heterocycles. The van der Waals surface area contributed by atoms with Crippen LogP contribution in [-0.4, -0.2) is 52.6 Å². The van der Waals surface area contributed by atoms with E-state index in [2.05, 4.69) is 16.4 Å². The molecule has 0 amide bonds. The number of ether oxygens (including phenoxy) is 1. The van der Waals surface area contributed by atoms with Gasteiger partial charge >= 0.3 is 12.1 Å². The average Bonchev–Trinajstić information content (AvgIpc) is 2.94. The number of nitrogens with zero attached hydrogens (tertiary/aromatic N) is 3. The number of nitrogen functional groups attached to an aromatic ring is 1. The maximum Gasteiger partial charge on any atom is 0.409 e. The molecule has 1 atom stereocenters. The number of benzene rings is 1. The lowest BCUT2D eigenvalue weighted by molar-refractivity contribution is -0.169. The van der Waals surface area contributed by atoms with Gasteiger partial charge in [0.1, 0.15) is 29.2 Å². The molecule has 0 bridgehead atoms. The highest BCUT2D eigenvalue weighted by atomic mass is 19.4. The largest absolute Gasteiger partial charge is 0.465 e. The lowest BCUT2D eigenvalue weighted by atomic mass is 9.39. The molecule has 0 saturated carbocycles. The van der Waals surface area contributed by atoms with Gasteiger partial charge in [0.2, 0.25) is 0 Å². The van der Waals surface area contributed by atoms with Crippen molar-refractivity contribution in [3.05, 3.63) is 42.0 Å². The van der Waals surface area contributed by atoms with Gasteiger partial charge in [0.15, 0.2) is 0 Å². The van der Waals surface area contributed by atoms with Crippen LogP contribution < -0.4 is 5.73 Å². The Morgan fingerprint density at radius 3 is 2.28 bits per heavy atom. The highest BCUT2D eigenvalue weighted by Crippen LogP contribution is 2.45. The van der Waals surface area contributed by atoms with Gasteiger partial charge in [-0.3, -0.25) is 0 Å². The Bertz CT molecular complexity index is 976. The van der Waals surface area contributed by atoms with E-state index in [9.17, 15) is 23.2 Å². The smallest absolute Gasteiger partial charge is 0.409 e. The van der Waals surface area contributed by atoms with Gasteiger partial charge in [0.25, 0.3) is 0 Å². The summed E-state index contributed by atoms with van der Waals surface area (Å²) in [5.74, 6) is -0.968. The van der Waals surface area contributed by atoms with Gasteiger partial charge in [-0.2, -0.15) is 23.5 Å². The molecule has 0 fully saturated rings. The summed E-state index contributed by atoms with van der Waals surface area (Å²) >= 11 is 0.